The van der Waals surface area contributed by atoms with Gasteiger partial charge >= 0.3 is 12.1 Å². The molecule has 22 heavy (non-hydrogen) atoms. The molecule has 1 rings (SSSR count). The second-order valence-electron chi connectivity index (χ2n) is 4.31. The van der Waals surface area contributed by atoms with Crippen LogP contribution in [0.3, 0.4) is 0 Å². The van der Waals surface area contributed by atoms with Crippen LogP contribution in [0.4, 0.5) is 13.2 Å². The molecule has 120 valence electrons. The number of benzene rings is 1. The van der Waals surface area contributed by atoms with Crippen molar-refractivity contribution in [3.8, 4) is 0 Å². The second kappa shape index (κ2) is 7.43. The van der Waals surface area contributed by atoms with Gasteiger partial charge in [0.1, 0.15) is 0 Å². The smallest absolute Gasteiger partial charge is 0.349 e. The number of hydrogen-bond acceptors (Lipinski definition) is 3. The Morgan fingerprint density at radius 1 is 1.09 bits per heavy atom. The van der Waals surface area contributed by atoms with Crippen LogP contribution in [0, 0.1) is 0 Å². The van der Waals surface area contributed by atoms with E-state index in [1.807, 2.05) is 5.32 Å². The van der Waals surface area contributed by atoms with Gasteiger partial charge in [-0.15, -0.1) is 0 Å². The van der Waals surface area contributed by atoms with Crippen LogP contribution in [0.15, 0.2) is 30.3 Å². The molecule has 3 N–H and O–H groups in total. The number of nitrogens with one attached hydrogen (secondary N) is 3. The molecule has 0 saturated heterocycles. The Hall–Kier alpha value is -2.58. The largest absolute Gasteiger partial charge is 0.471 e. The van der Waals surface area contributed by atoms with Gasteiger partial charge in [0.25, 0.3) is 5.91 Å². The highest BCUT2D eigenvalue weighted by Gasteiger charge is 2.41. The summed E-state index contributed by atoms with van der Waals surface area (Å²) in [5.41, 5.74) is 0.708. The molecule has 0 saturated carbocycles. The van der Waals surface area contributed by atoms with Crippen molar-refractivity contribution >= 4 is 17.7 Å². The molecule has 1 unspecified atom stereocenters. The minimum absolute atomic E-state index is 0.0393. The fourth-order valence-electron chi connectivity index (χ4n) is 1.47. The number of amides is 3. The van der Waals surface area contributed by atoms with Crippen LogP contribution in [0.5, 0.6) is 0 Å². The van der Waals surface area contributed by atoms with Crippen LogP contribution in [-0.2, 0) is 20.9 Å². The van der Waals surface area contributed by atoms with Crippen molar-refractivity contribution in [3.63, 3.8) is 0 Å². The first-order valence-corrected chi connectivity index (χ1v) is 6.16. The Bertz CT molecular complexity index is 546. The summed E-state index contributed by atoms with van der Waals surface area (Å²) in [6.07, 6.45) is -6.97. The fourth-order valence-corrected chi connectivity index (χ4v) is 1.47. The zero-order valence-electron chi connectivity index (χ0n) is 11.5. The lowest BCUT2D eigenvalue weighted by molar-refractivity contribution is -0.175. The highest BCUT2D eigenvalue weighted by molar-refractivity contribution is 5.92. The standard InChI is InChI=1S/C13H14F3N3O3/c1-8(20)18-10(19-12(22)13(14,15)16)11(21)17-7-9-5-3-2-4-6-9/h2-6,10H,7H2,1H3,(H,17,21)(H,18,20)(H,19,22). The fraction of sp³-hybridized carbons (Fsp3) is 0.308. The van der Waals surface area contributed by atoms with Gasteiger partial charge in [-0.05, 0) is 5.56 Å². The SMILES string of the molecule is CC(=O)NC(NC(=O)C(F)(F)F)C(=O)NCc1ccccc1. The molecular formula is C13H14F3N3O3. The summed E-state index contributed by atoms with van der Waals surface area (Å²) in [7, 11) is 0. The van der Waals surface area contributed by atoms with Crippen molar-refractivity contribution in [2.45, 2.75) is 25.8 Å². The van der Waals surface area contributed by atoms with E-state index in [0.717, 1.165) is 6.92 Å². The van der Waals surface area contributed by atoms with E-state index < -0.39 is 30.1 Å². The quantitative estimate of drug-likeness (QED) is 0.689. The van der Waals surface area contributed by atoms with Crippen LogP contribution in [-0.4, -0.2) is 30.1 Å². The monoisotopic (exact) mass is 317 g/mol. The van der Waals surface area contributed by atoms with Crippen LogP contribution < -0.4 is 16.0 Å². The van der Waals surface area contributed by atoms with Gasteiger partial charge in [0, 0.05) is 13.5 Å². The summed E-state index contributed by atoms with van der Waals surface area (Å²) in [4.78, 5) is 33.6. The van der Waals surface area contributed by atoms with E-state index in [1.165, 1.54) is 5.32 Å². The van der Waals surface area contributed by atoms with Crippen LogP contribution >= 0.6 is 0 Å². The predicted octanol–water partition coefficient (Wildman–Crippen LogP) is 0.443. The third kappa shape index (κ3) is 5.81. The molecule has 0 fully saturated rings. The summed E-state index contributed by atoms with van der Waals surface area (Å²) < 4.78 is 36.6. The maximum atomic E-state index is 12.2. The van der Waals surface area contributed by atoms with Crippen molar-refractivity contribution in [3.05, 3.63) is 35.9 Å². The molecule has 6 nitrogen and oxygen atoms in total. The molecule has 0 aliphatic rings. The molecule has 0 bridgehead atoms. The lowest BCUT2D eigenvalue weighted by Crippen LogP contribution is -2.58. The third-order valence-corrected chi connectivity index (χ3v) is 2.45. The number of halogens is 3. The van der Waals surface area contributed by atoms with Gasteiger partial charge in [-0.25, -0.2) is 0 Å². The van der Waals surface area contributed by atoms with Crippen LogP contribution in [0.1, 0.15) is 12.5 Å². The van der Waals surface area contributed by atoms with E-state index in [0.29, 0.717) is 5.56 Å². The van der Waals surface area contributed by atoms with Crippen molar-refractivity contribution < 1.29 is 27.6 Å². The van der Waals surface area contributed by atoms with E-state index in [4.69, 9.17) is 0 Å². The average molecular weight is 317 g/mol. The summed E-state index contributed by atoms with van der Waals surface area (Å²) >= 11 is 0. The first kappa shape index (κ1) is 17.5. The van der Waals surface area contributed by atoms with E-state index >= 15 is 0 Å². The van der Waals surface area contributed by atoms with Crippen molar-refractivity contribution in [1.29, 1.82) is 0 Å². The van der Waals surface area contributed by atoms with Gasteiger partial charge in [-0.1, -0.05) is 30.3 Å². The normalized spacial score (nSPS) is 12.2. The summed E-state index contributed by atoms with van der Waals surface area (Å²) in [5, 5.41) is 5.68. The predicted molar refractivity (Wildman–Crippen MR) is 70.1 cm³/mol. The lowest BCUT2D eigenvalue weighted by atomic mass is 10.2. The van der Waals surface area contributed by atoms with Gasteiger partial charge in [0.05, 0.1) is 0 Å². The number of alkyl halides is 3. The molecule has 1 atom stereocenters. The Kier molecular flexibility index (Phi) is 5.90. The van der Waals surface area contributed by atoms with E-state index in [2.05, 4.69) is 5.32 Å². The maximum Gasteiger partial charge on any atom is 0.471 e. The summed E-state index contributed by atoms with van der Waals surface area (Å²) in [6.45, 7) is 1.05. The van der Waals surface area contributed by atoms with Crippen LogP contribution in [0.2, 0.25) is 0 Å². The van der Waals surface area contributed by atoms with Crippen molar-refractivity contribution in [1.82, 2.24) is 16.0 Å². The Labute approximate surface area is 124 Å². The summed E-state index contributed by atoms with van der Waals surface area (Å²) in [6, 6.07) is 8.59. The summed E-state index contributed by atoms with van der Waals surface area (Å²) in [5.74, 6) is -4.04. The molecule has 3 amide bonds. The molecule has 1 aromatic carbocycles. The van der Waals surface area contributed by atoms with Crippen molar-refractivity contribution in [2.75, 3.05) is 0 Å². The van der Waals surface area contributed by atoms with Gasteiger partial charge in [-0.3, -0.25) is 14.4 Å². The topological polar surface area (TPSA) is 87.3 Å². The minimum atomic E-state index is -5.16. The zero-order valence-corrected chi connectivity index (χ0v) is 11.5. The van der Waals surface area contributed by atoms with E-state index in [-0.39, 0.29) is 6.54 Å². The third-order valence-electron chi connectivity index (χ3n) is 2.45. The molecule has 0 heterocycles. The lowest BCUT2D eigenvalue weighted by Gasteiger charge is -2.19. The highest BCUT2D eigenvalue weighted by atomic mass is 19.4. The molecule has 0 radical (unpaired) electrons. The Balaban J connectivity index is 2.68. The molecule has 0 aromatic heterocycles. The second-order valence-corrected chi connectivity index (χ2v) is 4.31. The maximum absolute atomic E-state index is 12.2. The first-order chi connectivity index (χ1) is 10.2. The Morgan fingerprint density at radius 3 is 2.18 bits per heavy atom. The van der Waals surface area contributed by atoms with E-state index in [1.54, 1.807) is 30.3 Å². The van der Waals surface area contributed by atoms with Gasteiger partial charge < -0.3 is 16.0 Å². The number of hydrogen-bond donors (Lipinski definition) is 3. The number of carbonyl (C=O) groups excluding carboxylic acids is 3. The molecule has 0 spiro atoms. The number of rotatable bonds is 5. The average Bonchev–Trinajstić information content (AvgIpc) is 2.43. The van der Waals surface area contributed by atoms with Crippen LogP contribution in [0.25, 0.3) is 0 Å². The molecule has 0 aliphatic carbocycles. The molecule has 1 aromatic rings. The van der Waals surface area contributed by atoms with Gasteiger partial charge in [-0.2, -0.15) is 13.2 Å². The molecule has 0 aliphatic heterocycles. The van der Waals surface area contributed by atoms with Gasteiger partial charge in [0.2, 0.25) is 5.91 Å². The van der Waals surface area contributed by atoms with E-state index in [9.17, 15) is 27.6 Å². The minimum Gasteiger partial charge on any atom is -0.349 e. The zero-order chi connectivity index (χ0) is 16.8. The highest BCUT2D eigenvalue weighted by Crippen LogP contribution is 2.14. The first-order valence-electron chi connectivity index (χ1n) is 6.16. The van der Waals surface area contributed by atoms with Crippen molar-refractivity contribution in [2.24, 2.45) is 0 Å². The van der Waals surface area contributed by atoms with Gasteiger partial charge in [0.15, 0.2) is 6.17 Å². The number of carbonyl (C=O) groups is 3. The Morgan fingerprint density at radius 2 is 1.68 bits per heavy atom. The molecular weight excluding hydrogens is 303 g/mol. The molecule has 9 heteroatoms.